The number of nitrogens with one attached hydrogen (secondary N) is 2. The van der Waals surface area contributed by atoms with Crippen molar-refractivity contribution in [2.75, 3.05) is 10.6 Å². The van der Waals surface area contributed by atoms with Gasteiger partial charge in [0.15, 0.2) is 0 Å². The molecule has 1 aromatic heterocycles. The summed E-state index contributed by atoms with van der Waals surface area (Å²) in [5, 5.41) is 7.50. The van der Waals surface area contributed by atoms with E-state index >= 15 is 0 Å². The highest BCUT2D eigenvalue weighted by atomic mass is 16.2. The van der Waals surface area contributed by atoms with Crippen LogP contribution in [0.4, 0.5) is 11.4 Å². The summed E-state index contributed by atoms with van der Waals surface area (Å²) in [4.78, 5) is 25.8. The molecule has 2 unspecified atom stereocenters. The first-order valence-corrected chi connectivity index (χ1v) is 15.2. The number of hydrogen-bond donors (Lipinski definition) is 2. The number of aromatic nitrogens is 1. The van der Waals surface area contributed by atoms with Crippen LogP contribution in [0.5, 0.6) is 0 Å². The van der Waals surface area contributed by atoms with Crippen molar-refractivity contribution < 1.29 is 9.59 Å². The minimum atomic E-state index is 0.116. The van der Waals surface area contributed by atoms with Gasteiger partial charge in [-0.2, -0.15) is 0 Å². The molecule has 0 radical (unpaired) electrons. The Labute approximate surface area is 233 Å². The maximum absolute atomic E-state index is 12.9. The molecule has 2 saturated carbocycles. The second-order valence-electron chi connectivity index (χ2n) is 12.4. The molecule has 5 heteroatoms. The summed E-state index contributed by atoms with van der Waals surface area (Å²) in [6.07, 6.45) is 11.2. The Morgan fingerprint density at radius 2 is 1.49 bits per heavy atom. The highest BCUT2D eigenvalue weighted by Gasteiger charge is 2.27. The van der Waals surface area contributed by atoms with Crippen LogP contribution in [0, 0.1) is 23.7 Å². The highest BCUT2D eigenvalue weighted by Crippen LogP contribution is 2.34. The quantitative estimate of drug-likeness (QED) is 0.308. The van der Waals surface area contributed by atoms with Gasteiger partial charge in [0.2, 0.25) is 11.8 Å². The number of aryl methyl sites for hydroxylation is 1. The van der Waals surface area contributed by atoms with Gasteiger partial charge in [-0.1, -0.05) is 65.0 Å². The molecule has 2 atom stereocenters. The van der Waals surface area contributed by atoms with Crippen LogP contribution in [0.1, 0.15) is 85.0 Å². The number of carbonyl (C=O) groups is 2. The van der Waals surface area contributed by atoms with Crippen molar-refractivity contribution in [1.82, 2.24) is 4.57 Å². The molecule has 5 rings (SSSR count). The largest absolute Gasteiger partial charge is 0.340 e. The van der Waals surface area contributed by atoms with Gasteiger partial charge in [0.05, 0.1) is 0 Å². The van der Waals surface area contributed by atoms with Crippen molar-refractivity contribution in [2.45, 2.75) is 91.5 Å². The van der Waals surface area contributed by atoms with E-state index in [4.69, 9.17) is 0 Å². The van der Waals surface area contributed by atoms with Gasteiger partial charge in [-0.3, -0.25) is 9.59 Å². The Morgan fingerprint density at radius 1 is 0.821 bits per heavy atom. The van der Waals surface area contributed by atoms with E-state index in [1.807, 2.05) is 18.2 Å². The first-order chi connectivity index (χ1) is 18.9. The minimum absolute atomic E-state index is 0.116. The fourth-order valence-corrected chi connectivity index (χ4v) is 6.49. The molecule has 0 saturated heterocycles. The number of fused-ring (bicyclic) bond motifs is 1. The van der Waals surface area contributed by atoms with E-state index in [2.05, 4.69) is 66.3 Å². The number of anilines is 2. The summed E-state index contributed by atoms with van der Waals surface area (Å²) in [5.41, 5.74) is 5.22. The summed E-state index contributed by atoms with van der Waals surface area (Å²) in [7, 11) is 0. The van der Waals surface area contributed by atoms with Gasteiger partial charge in [-0.15, -0.1) is 0 Å². The zero-order valence-electron chi connectivity index (χ0n) is 24.0. The molecule has 2 N–H and O–H groups in total. The highest BCUT2D eigenvalue weighted by molar-refractivity contribution is 5.97. The number of carbonyl (C=O) groups excluding carboxylic acids is 2. The van der Waals surface area contributed by atoms with Crippen molar-refractivity contribution >= 4 is 34.1 Å². The van der Waals surface area contributed by atoms with Gasteiger partial charge >= 0.3 is 0 Å². The van der Waals surface area contributed by atoms with E-state index in [-0.39, 0.29) is 23.7 Å². The molecule has 3 aromatic rings. The molecule has 2 aromatic carbocycles. The molecular weight excluding hydrogens is 482 g/mol. The van der Waals surface area contributed by atoms with Gasteiger partial charge in [0, 0.05) is 46.4 Å². The Morgan fingerprint density at radius 3 is 2.21 bits per heavy atom. The molecule has 0 aliphatic heterocycles. The molecule has 2 amide bonds. The minimum Gasteiger partial charge on any atom is -0.340 e. The van der Waals surface area contributed by atoms with Gasteiger partial charge in [-0.25, -0.2) is 0 Å². The van der Waals surface area contributed by atoms with E-state index in [0.29, 0.717) is 11.8 Å². The Hall–Kier alpha value is -3.08. The zero-order valence-corrected chi connectivity index (χ0v) is 24.0. The van der Waals surface area contributed by atoms with Crippen LogP contribution in [0.25, 0.3) is 22.2 Å². The Kier molecular flexibility index (Phi) is 8.74. The van der Waals surface area contributed by atoms with Gasteiger partial charge < -0.3 is 15.2 Å². The zero-order chi connectivity index (χ0) is 27.4. The predicted octanol–water partition coefficient (Wildman–Crippen LogP) is 8.64. The predicted molar refractivity (Wildman–Crippen MR) is 162 cm³/mol. The normalized spacial score (nSPS) is 20.3. The maximum Gasteiger partial charge on any atom is 0.227 e. The summed E-state index contributed by atoms with van der Waals surface area (Å²) in [6, 6.07) is 16.8. The van der Waals surface area contributed by atoms with Crippen LogP contribution in [0.15, 0.2) is 48.5 Å². The van der Waals surface area contributed by atoms with Crippen molar-refractivity contribution in [3.05, 3.63) is 48.5 Å². The molecule has 2 aliphatic rings. The first-order valence-electron chi connectivity index (χ1n) is 15.2. The molecule has 39 heavy (non-hydrogen) atoms. The Balaban J connectivity index is 1.37. The standard InChI is InChI=1S/C34H45N3O2/c1-23(2)19-20-37-31-18-17-29(36-33(38)26-10-5-4-6-11-26)21-27(31)22-32(37)25-13-15-28(16-14-25)35-34(39)30-12-8-7-9-24(30)3/h13-18,21-24,26,30H,4-12,19-20H2,1-3H3,(H,35,39)(H,36,38). The summed E-state index contributed by atoms with van der Waals surface area (Å²) in [5.74, 6) is 1.62. The van der Waals surface area contributed by atoms with Gasteiger partial charge in [0.25, 0.3) is 0 Å². The number of rotatable bonds is 8. The maximum atomic E-state index is 12.9. The topological polar surface area (TPSA) is 63.1 Å². The van der Waals surface area contributed by atoms with E-state index < -0.39 is 0 Å². The summed E-state index contributed by atoms with van der Waals surface area (Å²) >= 11 is 0. The Bertz CT molecular complexity index is 1280. The molecule has 1 heterocycles. The van der Waals surface area contributed by atoms with Crippen LogP contribution in [0.2, 0.25) is 0 Å². The molecule has 5 nitrogen and oxygen atoms in total. The van der Waals surface area contributed by atoms with Crippen molar-refractivity contribution in [3.63, 3.8) is 0 Å². The van der Waals surface area contributed by atoms with Crippen LogP contribution in [-0.2, 0) is 16.1 Å². The molecular formula is C34H45N3O2. The van der Waals surface area contributed by atoms with E-state index in [1.165, 1.54) is 24.1 Å². The third-order valence-electron chi connectivity index (χ3n) is 8.97. The van der Waals surface area contributed by atoms with Crippen LogP contribution >= 0.6 is 0 Å². The second kappa shape index (κ2) is 12.4. The average molecular weight is 528 g/mol. The fraction of sp³-hybridized carbons (Fsp3) is 0.529. The van der Waals surface area contributed by atoms with Crippen molar-refractivity contribution in [1.29, 1.82) is 0 Å². The lowest BCUT2D eigenvalue weighted by Gasteiger charge is -2.27. The van der Waals surface area contributed by atoms with Gasteiger partial charge in [-0.05, 0) is 85.9 Å². The summed E-state index contributed by atoms with van der Waals surface area (Å²) < 4.78 is 2.40. The number of benzene rings is 2. The average Bonchev–Trinajstić information content (AvgIpc) is 3.30. The van der Waals surface area contributed by atoms with E-state index in [1.54, 1.807) is 0 Å². The van der Waals surface area contributed by atoms with E-state index in [0.717, 1.165) is 80.2 Å². The summed E-state index contributed by atoms with van der Waals surface area (Å²) in [6.45, 7) is 7.65. The molecule has 0 spiro atoms. The van der Waals surface area contributed by atoms with Gasteiger partial charge in [0.1, 0.15) is 0 Å². The third-order valence-corrected chi connectivity index (χ3v) is 8.97. The van der Waals surface area contributed by atoms with Crippen molar-refractivity contribution in [3.8, 4) is 11.3 Å². The van der Waals surface area contributed by atoms with Crippen LogP contribution in [0.3, 0.4) is 0 Å². The third kappa shape index (κ3) is 6.57. The van der Waals surface area contributed by atoms with E-state index in [9.17, 15) is 9.59 Å². The van der Waals surface area contributed by atoms with Crippen molar-refractivity contribution in [2.24, 2.45) is 23.7 Å². The monoisotopic (exact) mass is 527 g/mol. The fourth-order valence-electron chi connectivity index (χ4n) is 6.49. The number of amides is 2. The SMILES string of the molecule is CC(C)CCn1c(-c2ccc(NC(=O)C3CCCCC3C)cc2)cc2cc(NC(=O)C3CCCCC3)ccc21. The molecule has 2 fully saturated rings. The lowest BCUT2D eigenvalue weighted by Crippen LogP contribution is -2.30. The molecule has 0 bridgehead atoms. The number of nitrogens with zero attached hydrogens (tertiary/aromatic N) is 1. The smallest absolute Gasteiger partial charge is 0.227 e. The first kappa shape index (κ1) is 27.5. The second-order valence-corrected chi connectivity index (χ2v) is 12.4. The van der Waals surface area contributed by atoms with Crippen LogP contribution < -0.4 is 10.6 Å². The number of hydrogen-bond acceptors (Lipinski definition) is 2. The molecule has 2 aliphatic carbocycles. The van der Waals surface area contributed by atoms with Crippen LogP contribution in [-0.4, -0.2) is 16.4 Å². The lowest BCUT2D eigenvalue weighted by atomic mass is 9.80. The molecule has 208 valence electrons. The lowest BCUT2D eigenvalue weighted by molar-refractivity contribution is -0.122.